The zero-order chi connectivity index (χ0) is 80.9. The Morgan fingerprint density at radius 3 is 1.79 bits per heavy atom. The van der Waals surface area contributed by atoms with E-state index in [9.17, 15) is 70.2 Å². The van der Waals surface area contributed by atoms with Crippen molar-refractivity contribution in [1.29, 1.82) is 0 Å². The van der Waals surface area contributed by atoms with E-state index >= 15 is 19.2 Å². The van der Waals surface area contributed by atoms with E-state index in [0.717, 1.165) is 48.5 Å². The molecule has 0 saturated carbocycles. The fourth-order valence-electron chi connectivity index (χ4n) is 14.3. The van der Waals surface area contributed by atoms with Crippen LogP contribution in [-0.2, 0) is 62.0 Å². The predicted octanol–water partition coefficient (Wildman–Crippen LogP) is 0.344. The molecule has 0 spiro atoms. The van der Waals surface area contributed by atoms with Crippen molar-refractivity contribution in [3.05, 3.63) is 117 Å². The first-order valence-corrected chi connectivity index (χ1v) is 36.1. The lowest BCUT2D eigenvalue weighted by atomic mass is 9.86. The van der Waals surface area contributed by atoms with E-state index in [1.165, 1.54) is 65.1 Å². The van der Waals surface area contributed by atoms with Gasteiger partial charge in [-0.25, -0.2) is 4.79 Å². The van der Waals surface area contributed by atoms with Crippen molar-refractivity contribution < 1.29 is 127 Å². The molecule has 600 valence electrons. The van der Waals surface area contributed by atoms with Gasteiger partial charge in [0.15, 0.2) is 36.2 Å². The number of amides is 7. The van der Waals surface area contributed by atoms with Gasteiger partial charge in [-0.3, -0.25) is 33.6 Å². The summed E-state index contributed by atoms with van der Waals surface area (Å²) in [5, 5.41) is 131. The number of carboxylic acids is 1. The van der Waals surface area contributed by atoms with Crippen molar-refractivity contribution in [3.8, 4) is 57.1 Å². The number of aliphatic carboxylic acids is 1. The van der Waals surface area contributed by atoms with E-state index in [1.807, 2.05) is 13.8 Å². The molecule has 3 fully saturated rings. The van der Waals surface area contributed by atoms with Gasteiger partial charge >= 0.3 is 5.97 Å². The van der Waals surface area contributed by atoms with Gasteiger partial charge in [-0.05, 0) is 124 Å². The maximum absolute atomic E-state index is 16.4. The number of phenolic OH excluding ortho intramolecular Hbond substituents is 3. The summed E-state index contributed by atoms with van der Waals surface area (Å²) in [4.78, 5) is 120. The predicted molar refractivity (Wildman–Crippen MR) is 386 cm³/mol. The molecule has 8 aliphatic heterocycles. The second-order valence-corrected chi connectivity index (χ2v) is 30.1. The zero-order valence-electron chi connectivity index (χ0n) is 60.7. The van der Waals surface area contributed by atoms with Crippen LogP contribution in [0.25, 0.3) is 11.1 Å². The number of phenols is 3. The van der Waals surface area contributed by atoms with Crippen LogP contribution in [0, 0.1) is 5.92 Å². The number of hydrogen-bond donors (Lipinski definition) is 20. The highest BCUT2D eigenvalue weighted by molar-refractivity contribution is 6.32. The summed E-state index contributed by atoms with van der Waals surface area (Å²) >= 11 is 14.5. The molecule has 7 amide bonds. The second kappa shape index (κ2) is 33.2. The third kappa shape index (κ3) is 17.7. The summed E-state index contributed by atoms with van der Waals surface area (Å²) in [5.41, 5.74) is 13.3. The van der Waals surface area contributed by atoms with Crippen molar-refractivity contribution in [2.45, 2.75) is 201 Å². The number of carboxylic acid groups (broad SMARTS) is 1. The van der Waals surface area contributed by atoms with Gasteiger partial charge in [-0.1, -0.05) is 55.2 Å². The Morgan fingerprint density at radius 2 is 1.23 bits per heavy atom. The van der Waals surface area contributed by atoms with E-state index < -0.39 is 261 Å². The highest BCUT2D eigenvalue weighted by Crippen LogP contribution is 2.50. The van der Waals surface area contributed by atoms with Crippen LogP contribution in [0.2, 0.25) is 10.0 Å². The fraction of sp³-hybridized carbons (Fsp3) is 0.479. The first-order chi connectivity index (χ1) is 52.3. The van der Waals surface area contributed by atoms with E-state index in [1.54, 1.807) is 0 Å². The van der Waals surface area contributed by atoms with E-state index in [0.29, 0.717) is 0 Å². The third-order valence-corrected chi connectivity index (χ3v) is 20.7. The number of rotatable bonds is 15. The second-order valence-electron chi connectivity index (χ2n) is 29.3. The van der Waals surface area contributed by atoms with Gasteiger partial charge in [-0.2, -0.15) is 0 Å². The molecule has 36 nitrogen and oxygen atoms in total. The van der Waals surface area contributed by atoms with Crippen LogP contribution in [0.15, 0.2) is 78.9 Å². The molecule has 5 aromatic carbocycles. The lowest BCUT2D eigenvalue weighted by molar-refractivity contribution is -0.333. The zero-order valence-corrected chi connectivity index (χ0v) is 62.2. The van der Waals surface area contributed by atoms with Gasteiger partial charge in [0.1, 0.15) is 89.5 Å². The van der Waals surface area contributed by atoms with Crippen LogP contribution in [-0.4, -0.2) is 215 Å². The number of likely N-dealkylation sites (N-methyl/N-ethyl adjacent to an activating group) is 1. The molecular weight excluding hydrogens is 1500 g/mol. The lowest BCUT2D eigenvalue weighted by Gasteiger charge is -2.47. The minimum atomic E-state index is -2.38. The molecule has 13 unspecified atom stereocenters. The van der Waals surface area contributed by atoms with Crippen molar-refractivity contribution in [3.63, 3.8) is 0 Å². The Balaban J connectivity index is 1.19. The number of nitrogens with two attached hydrogens (primary N) is 3. The molecule has 23 N–H and O–H groups in total. The Bertz CT molecular complexity index is 4420. The summed E-state index contributed by atoms with van der Waals surface area (Å²) in [6, 6.07) is -0.452. The average Bonchev–Trinajstić information content (AvgIpc) is 0.763. The lowest BCUT2D eigenvalue weighted by Crippen LogP contribution is -2.64. The first-order valence-electron chi connectivity index (χ1n) is 35.3. The molecule has 8 heterocycles. The van der Waals surface area contributed by atoms with Gasteiger partial charge in [-0.15, -0.1) is 0 Å². The van der Waals surface area contributed by atoms with Crippen LogP contribution in [0.1, 0.15) is 125 Å². The van der Waals surface area contributed by atoms with Gasteiger partial charge in [0.2, 0.25) is 53.4 Å². The first kappa shape index (κ1) is 82.6. The monoisotopic (exact) mass is 1590 g/mol. The van der Waals surface area contributed by atoms with Crippen LogP contribution >= 0.6 is 23.2 Å². The van der Waals surface area contributed by atoms with Crippen LogP contribution in [0.3, 0.4) is 0 Å². The topological polar surface area (TPSA) is 575 Å². The van der Waals surface area contributed by atoms with Gasteiger partial charge in [0, 0.05) is 46.7 Å². The van der Waals surface area contributed by atoms with Crippen molar-refractivity contribution >= 4 is 70.5 Å². The SMILES string of the molecule is CN[C@@H](CC(C)C)C(=O)N[C@H]1C(=O)N[C@@H](CC(N)=O)C(=O)N[C@H]2C(=O)N[C@H]3C(=O)N[C@H](C(=O)N[C@H](C(=O)O)c4cc(O)cc(O)c4-c4cc3ccc4O)[C@H](OC3CC(C)(N)C(O)C(C)O3)c3ccc(c(Cl)c3)Oc3cc2cc(c3OC2OC(CO)C(O)C(O)C2OC2CC(C)(N)C(O)C(C)O2)Oc2ccc(cc2Cl)[C@H]1O. The van der Waals surface area contributed by atoms with Crippen molar-refractivity contribution in [2.75, 3.05) is 13.7 Å². The molecule has 11 bridgehead atoms. The van der Waals surface area contributed by atoms with Gasteiger partial charge in [0.25, 0.3) is 0 Å². The van der Waals surface area contributed by atoms with E-state index in [4.69, 9.17) is 78.3 Å². The number of aliphatic hydroxyl groups excluding tert-OH is 6. The Morgan fingerprint density at radius 1 is 0.658 bits per heavy atom. The molecule has 13 rings (SSSR count). The number of fused-ring (bicyclic) bond motifs is 15. The molecule has 8 aliphatic rings. The number of primary amides is 1. The maximum Gasteiger partial charge on any atom is 0.330 e. The molecule has 0 aromatic heterocycles. The van der Waals surface area contributed by atoms with Crippen molar-refractivity contribution in [1.82, 2.24) is 37.2 Å². The van der Waals surface area contributed by atoms with Crippen LogP contribution in [0.4, 0.5) is 0 Å². The molecule has 0 aliphatic carbocycles. The van der Waals surface area contributed by atoms with Crippen LogP contribution < -0.4 is 68.6 Å². The van der Waals surface area contributed by atoms with Gasteiger partial charge < -0.3 is 143 Å². The number of halogens is 2. The third-order valence-electron chi connectivity index (χ3n) is 20.1. The minimum Gasteiger partial charge on any atom is -0.508 e. The Labute approximate surface area is 643 Å². The maximum atomic E-state index is 16.4. The number of aliphatic hydroxyl groups is 6. The van der Waals surface area contributed by atoms with Crippen molar-refractivity contribution in [2.24, 2.45) is 23.1 Å². The summed E-state index contributed by atoms with van der Waals surface area (Å²) < 4.78 is 51.7. The molecule has 0 radical (unpaired) electrons. The quantitative estimate of drug-likeness (QED) is 0.0672. The molecule has 5 aromatic rings. The normalized spacial score (nSPS) is 32.1. The number of benzene rings is 5. The minimum absolute atomic E-state index is 0.110. The summed E-state index contributed by atoms with van der Waals surface area (Å²) in [6.07, 6.45) is -22.8. The Kier molecular flexibility index (Phi) is 24.7. The highest BCUT2D eigenvalue weighted by atomic mass is 35.5. The number of nitrogens with one attached hydrogen (secondary N) is 7. The van der Waals surface area contributed by atoms with Gasteiger partial charge in [0.05, 0.1) is 53.5 Å². The number of hydrogen-bond acceptors (Lipinski definition) is 28. The summed E-state index contributed by atoms with van der Waals surface area (Å²) in [5.74, 6) is -16.1. The van der Waals surface area contributed by atoms with E-state index in [-0.39, 0.29) is 52.6 Å². The standard InChI is InChI=1S/C73H88Cl2N10O26/c1-26(2)14-38(79-7)64(96)84-54-56(91)30-9-12-42(36(74)16-30)106-44-18-32-19-45(60(44)111-71-61(58(93)57(92)46(25-86)108-71)110-49-24-73(6,78)63(95)28(4)105-49)107-43-13-10-31(17-37(43)75)59(109-48-23-72(5,77)62(94)27(3)104-48)55-69(101)83-53(70(102)103)35-20-33(87)21-41(89)50(35)34-15-29(8-11-40(34)88)51(66(98)85-55)82-67(99)52(32)81-65(97)39(22-47(76)90)80-68(54)100/h8-13,15-21,26-28,38-39,46,48-49,51-59,61-63,71,79,86-89,91-95H,14,22-25,77-78H2,1-7H3,(H2,76,90)(H,80,100)(H,81,97)(H,82,99)(H,83,101)(H,84,96)(H,85,98)(H,102,103)/t27?,28?,38-,39-,46?,48?,49?,51+,52+,53-,54+,55-,56+,57?,58?,59+,61?,62?,63?,71?,72?,73?/m0/s1. The van der Waals surface area contributed by atoms with E-state index in [2.05, 4.69) is 37.2 Å². The molecule has 111 heavy (non-hydrogen) atoms. The smallest absolute Gasteiger partial charge is 0.330 e. The molecular formula is C73H88Cl2N10O26. The molecule has 3 saturated heterocycles. The largest absolute Gasteiger partial charge is 0.508 e. The number of carbonyl (C=O) groups is 8. The molecule has 38 heteroatoms. The summed E-state index contributed by atoms with van der Waals surface area (Å²) in [7, 11) is 1.47. The Hall–Kier alpha value is -9.32. The summed E-state index contributed by atoms with van der Waals surface area (Å²) in [6.45, 7) is 8.58. The number of ether oxygens (including phenoxy) is 8. The average molecular weight is 1590 g/mol. The highest BCUT2D eigenvalue weighted by Gasteiger charge is 2.52. The number of carbonyl (C=O) groups excluding carboxylic acids is 7. The molecule has 22 atom stereocenters. The fourth-order valence-corrected chi connectivity index (χ4v) is 14.7. The number of aromatic hydroxyl groups is 3. The van der Waals surface area contributed by atoms with Crippen LogP contribution in [0.5, 0.6) is 46.0 Å².